The molecule has 0 saturated carbocycles. The topological polar surface area (TPSA) is 24.1 Å². The Morgan fingerprint density at radius 3 is 2.92 bits per heavy atom. The average Bonchev–Trinajstić information content (AvgIpc) is 2.15. The minimum Gasteiger partial charge on any atom is -0.314 e. The van der Waals surface area contributed by atoms with E-state index in [4.69, 9.17) is 0 Å². The normalized spacial score (nSPS) is 30.5. The van der Waals surface area contributed by atoms with Gasteiger partial charge in [0.05, 0.1) is 0 Å². The Morgan fingerprint density at radius 2 is 2.25 bits per heavy atom. The predicted octanol–water partition coefficient (Wildman–Crippen LogP) is 1.33. The molecule has 1 radical (unpaired) electrons. The van der Waals surface area contributed by atoms with Gasteiger partial charge < -0.3 is 10.6 Å². The van der Waals surface area contributed by atoms with E-state index in [0.29, 0.717) is 12.1 Å². The van der Waals surface area contributed by atoms with Crippen molar-refractivity contribution in [2.24, 2.45) is 0 Å². The smallest absolute Gasteiger partial charge is 0.0224 e. The van der Waals surface area contributed by atoms with Crippen LogP contribution in [-0.4, -0.2) is 25.2 Å². The summed E-state index contributed by atoms with van der Waals surface area (Å²) in [6.45, 7) is 6.62. The molecular weight excluding hydrogens is 148 g/mol. The van der Waals surface area contributed by atoms with E-state index in [2.05, 4.69) is 30.9 Å². The van der Waals surface area contributed by atoms with Gasteiger partial charge in [-0.25, -0.2) is 0 Å². The minimum atomic E-state index is 0.584. The molecule has 1 fully saturated rings. The largest absolute Gasteiger partial charge is 0.314 e. The van der Waals surface area contributed by atoms with Crippen molar-refractivity contribution < 1.29 is 0 Å². The van der Waals surface area contributed by atoms with Gasteiger partial charge in [0.25, 0.3) is 0 Å². The zero-order chi connectivity index (χ0) is 8.81. The lowest BCUT2D eigenvalue weighted by molar-refractivity contribution is 0.342. The zero-order valence-electron chi connectivity index (χ0n) is 8.27. The van der Waals surface area contributed by atoms with Crippen LogP contribution >= 0.6 is 0 Å². The summed E-state index contributed by atoms with van der Waals surface area (Å²) in [5, 5.41) is 7.07. The van der Waals surface area contributed by atoms with Crippen LogP contribution in [0.4, 0.5) is 0 Å². The van der Waals surface area contributed by atoms with Gasteiger partial charge in [-0.1, -0.05) is 26.7 Å². The van der Waals surface area contributed by atoms with Gasteiger partial charge in [-0.3, -0.25) is 0 Å². The van der Waals surface area contributed by atoms with Gasteiger partial charge in [0.2, 0.25) is 0 Å². The van der Waals surface area contributed by atoms with Gasteiger partial charge in [-0.05, 0) is 12.8 Å². The molecular formula is C10H21N2. The summed E-state index contributed by atoms with van der Waals surface area (Å²) >= 11 is 0. The average molecular weight is 169 g/mol. The molecule has 1 saturated heterocycles. The first-order chi connectivity index (χ1) is 5.86. The summed E-state index contributed by atoms with van der Waals surface area (Å²) in [6, 6.07) is 1.28. The standard InChI is InChI=1S/C10H21N2/c1-3-5-6-10-8-11-7-9(4-2)12-10/h4,9-12H,3,5-8H2,1-2H3. The molecule has 1 rings (SSSR count). The molecule has 2 N–H and O–H groups in total. The van der Waals surface area contributed by atoms with Crippen molar-refractivity contribution in [1.82, 2.24) is 10.6 Å². The van der Waals surface area contributed by atoms with Crippen molar-refractivity contribution in [2.45, 2.75) is 45.2 Å². The first-order valence-corrected chi connectivity index (χ1v) is 5.13. The van der Waals surface area contributed by atoms with E-state index in [-0.39, 0.29) is 0 Å². The molecule has 1 heterocycles. The van der Waals surface area contributed by atoms with E-state index in [0.717, 1.165) is 13.1 Å². The molecule has 0 spiro atoms. The third kappa shape index (κ3) is 3.11. The van der Waals surface area contributed by atoms with E-state index in [9.17, 15) is 0 Å². The fourth-order valence-electron chi connectivity index (χ4n) is 1.68. The van der Waals surface area contributed by atoms with Crippen molar-refractivity contribution in [3.8, 4) is 0 Å². The monoisotopic (exact) mass is 169 g/mol. The molecule has 2 atom stereocenters. The Kier molecular flexibility index (Phi) is 4.62. The van der Waals surface area contributed by atoms with Crippen molar-refractivity contribution in [2.75, 3.05) is 13.1 Å². The van der Waals surface area contributed by atoms with Gasteiger partial charge in [0, 0.05) is 25.2 Å². The maximum absolute atomic E-state index is 3.62. The molecule has 1 aliphatic rings. The Morgan fingerprint density at radius 1 is 1.42 bits per heavy atom. The summed E-state index contributed by atoms with van der Waals surface area (Å²) < 4.78 is 0. The molecule has 2 nitrogen and oxygen atoms in total. The molecule has 1 aliphatic heterocycles. The third-order valence-corrected chi connectivity index (χ3v) is 2.51. The van der Waals surface area contributed by atoms with Gasteiger partial charge in [0.1, 0.15) is 0 Å². The van der Waals surface area contributed by atoms with Crippen LogP contribution in [0.5, 0.6) is 0 Å². The highest BCUT2D eigenvalue weighted by Gasteiger charge is 2.17. The molecule has 0 bridgehead atoms. The third-order valence-electron chi connectivity index (χ3n) is 2.51. The molecule has 12 heavy (non-hydrogen) atoms. The SMILES string of the molecule is C[CH]C1CNCC(CCCC)N1. The fourth-order valence-corrected chi connectivity index (χ4v) is 1.68. The lowest BCUT2D eigenvalue weighted by atomic mass is 10.0. The highest BCUT2D eigenvalue weighted by Crippen LogP contribution is 2.04. The van der Waals surface area contributed by atoms with E-state index in [1.165, 1.54) is 19.3 Å². The van der Waals surface area contributed by atoms with Crippen molar-refractivity contribution >= 4 is 0 Å². The van der Waals surface area contributed by atoms with Crippen LogP contribution in [0.25, 0.3) is 0 Å². The van der Waals surface area contributed by atoms with Crippen molar-refractivity contribution in [3.63, 3.8) is 0 Å². The van der Waals surface area contributed by atoms with Crippen LogP contribution in [0.2, 0.25) is 0 Å². The van der Waals surface area contributed by atoms with Crippen LogP contribution in [0.1, 0.15) is 33.1 Å². The summed E-state index contributed by atoms with van der Waals surface area (Å²) in [7, 11) is 0. The Labute approximate surface area is 76.1 Å². The van der Waals surface area contributed by atoms with Crippen molar-refractivity contribution in [1.29, 1.82) is 0 Å². The first-order valence-electron chi connectivity index (χ1n) is 5.13. The molecule has 2 unspecified atom stereocenters. The summed E-state index contributed by atoms with van der Waals surface area (Å²) in [6.07, 6.45) is 6.20. The lowest BCUT2D eigenvalue weighted by Crippen LogP contribution is -2.54. The predicted molar refractivity (Wildman–Crippen MR) is 53.1 cm³/mol. The number of nitrogens with one attached hydrogen (secondary N) is 2. The van der Waals surface area contributed by atoms with E-state index >= 15 is 0 Å². The molecule has 0 aromatic heterocycles. The first kappa shape index (κ1) is 10.0. The van der Waals surface area contributed by atoms with E-state index < -0.39 is 0 Å². The van der Waals surface area contributed by atoms with Crippen LogP contribution in [0.3, 0.4) is 0 Å². The Bertz CT molecular complexity index is 114. The van der Waals surface area contributed by atoms with Crippen LogP contribution in [0.15, 0.2) is 0 Å². The van der Waals surface area contributed by atoms with Gasteiger partial charge in [0.15, 0.2) is 0 Å². The highest BCUT2D eigenvalue weighted by atomic mass is 15.1. The van der Waals surface area contributed by atoms with E-state index in [1.54, 1.807) is 0 Å². The van der Waals surface area contributed by atoms with Crippen molar-refractivity contribution in [3.05, 3.63) is 6.42 Å². The van der Waals surface area contributed by atoms with Gasteiger partial charge in [-0.2, -0.15) is 0 Å². The number of unbranched alkanes of at least 4 members (excludes halogenated alkanes) is 1. The highest BCUT2D eigenvalue weighted by molar-refractivity contribution is 4.89. The molecule has 2 heteroatoms. The van der Waals surface area contributed by atoms with Crippen LogP contribution in [-0.2, 0) is 0 Å². The second-order valence-corrected chi connectivity index (χ2v) is 3.60. The molecule has 0 aromatic carbocycles. The zero-order valence-corrected chi connectivity index (χ0v) is 8.27. The molecule has 0 aliphatic carbocycles. The molecule has 0 amide bonds. The Hall–Kier alpha value is -0.0800. The minimum absolute atomic E-state index is 0.584. The van der Waals surface area contributed by atoms with Crippen LogP contribution < -0.4 is 10.6 Å². The second-order valence-electron chi connectivity index (χ2n) is 3.60. The maximum Gasteiger partial charge on any atom is 0.0224 e. The van der Waals surface area contributed by atoms with Gasteiger partial charge >= 0.3 is 0 Å². The molecule has 71 valence electrons. The number of rotatable bonds is 4. The number of hydrogen-bond acceptors (Lipinski definition) is 2. The molecule has 0 aromatic rings. The van der Waals surface area contributed by atoms with Crippen LogP contribution in [0, 0.1) is 6.42 Å². The summed E-state index contributed by atoms with van der Waals surface area (Å²) in [5.74, 6) is 0. The quantitative estimate of drug-likeness (QED) is 0.663. The van der Waals surface area contributed by atoms with E-state index in [1.807, 2.05) is 0 Å². The maximum atomic E-state index is 3.62. The summed E-state index contributed by atoms with van der Waals surface area (Å²) in [4.78, 5) is 0. The Balaban J connectivity index is 2.16. The summed E-state index contributed by atoms with van der Waals surface area (Å²) in [5.41, 5.74) is 0. The second kappa shape index (κ2) is 5.55. The fraction of sp³-hybridized carbons (Fsp3) is 0.900. The van der Waals surface area contributed by atoms with Gasteiger partial charge in [-0.15, -0.1) is 0 Å². The number of hydrogen-bond donors (Lipinski definition) is 2. The number of piperazine rings is 1. The lowest BCUT2D eigenvalue weighted by Gasteiger charge is -2.31.